The Morgan fingerprint density at radius 3 is 1.38 bits per heavy atom. The van der Waals surface area contributed by atoms with Gasteiger partial charge in [-0.2, -0.15) is 0 Å². The number of nitrogens with zero attached hydrogens (tertiary/aromatic N) is 1. The van der Waals surface area contributed by atoms with Crippen LogP contribution in [0.5, 0.6) is 0 Å². The molecule has 0 aliphatic carbocycles. The number of benzene rings is 6. The number of fused-ring (bicyclic) bond motifs is 3. The van der Waals surface area contributed by atoms with Crippen LogP contribution in [0.1, 0.15) is 72.1 Å². The van der Waals surface area contributed by atoms with E-state index in [9.17, 15) is 0 Å². The van der Waals surface area contributed by atoms with Gasteiger partial charge in [0.25, 0.3) is 0 Å². The van der Waals surface area contributed by atoms with Gasteiger partial charge < -0.3 is 4.57 Å². The summed E-state index contributed by atoms with van der Waals surface area (Å²) in [4.78, 5) is 0. The molecule has 0 amide bonds. The van der Waals surface area contributed by atoms with Gasteiger partial charge in [-0.25, -0.2) is 0 Å². The molecule has 7 rings (SSSR count). The van der Waals surface area contributed by atoms with Crippen molar-refractivity contribution >= 4 is 21.8 Å². The SMILES string of the molecule is CC.CC.CC.CC.Cc1ccccc1-c1ccccc1CCc1ccc(-c2ccc(-n3c4ccccc4c4ccccc43)cc2)cc1. The van der Waals surface area contributed by atoms with Crippen LogP contribution >= 0.6 is 0 Å². The smallest absolute Gasteiger partial charge is 0.0541 e. The Morgan fingerprint density at radius 2 is 0.833 bits per heavy atom. The third-order valence-corrected chi connectivity index (χ3v) is 8.13. The number of aryl methyl sites for hydroxylation is 3. The summed E-state index contributed by atoms with van der Waals surface area (Å²) in [5.41, 5.74) is 12.9. The lowest BCUT2D eigenvalue weighted by atomic mass is 9.92. The first-order chi connectivity index (χ1) is 23.8. The first-order valence-electron chi connectivity index (χ1n) is 18.1. The lowest BCUT2D eigenvalue weighted by Gasteiger charge is -2.12. The highest BCUT2D eigenvalue weighted by Gasteiger charge is 2.12. The van der Waals surface area contributed by atoms with E-state index in [2.05, 4.69) is 157 Å². The molecule has 1 heterocycles. The van der Waals surface area contributed by atoms with Gasteiger partial charge in [0.05, 0.1) is 11.0 Å². The van der Waals surface area contributed by atoms with E-state index in [0.717, 1.165) is 12.8 Å². The monoisotopic (exact) mass is 633 g/mol. The molecule has 0 aliphatic heterocycles. The molecule has 0 N–H and O–H groups in total. The summed E-state index contributed by atoms with van der Waals surface area (Å²) >= 11 is 0. The summed E-state index contributed by atoms with van der Waals surface area (Å²) in [6.45, 7) is 18.2. The summed E-state index contributed by atoms with van der Waals surface area (Å²) in [5, 5.41) is 2.58. The average Bonchev–Trinajstić information content (AvgIpc) is 3.52. The van der Waals surface area contributed by atoms with Gasteiger partial charge >= 0.3 is 0 Å². The second-order valence-electron chi connectivity index (χ2n) is 10.6. The fraction of sp³-hybridized carbons (Fsp3) is 0.234. The standard InChI is InChI=1S/C39H31N.4C2H6/c1-28-10-2-4-12-34(28)35-13-5-3-11-32(35)23-20-29-18-21-30(22-19-29)31-24-26-33(27-25-31)40-38-16-8-6-14-36(38)37-15-7-9-17-39(37)40;4*1-2/h2-19,21-22,24-27H,20,23H2,1H3;4*1-2H3. The Morgan fingerprint density at radius 1 is 0.396 bits per heavy atom. The van der Waals surface area contributed by atoms with E-state index in [1.165, 1.54) is 66.4 Å². The normalized spacial score (nSPS) is 9.94. The van der Waals surface area contributed by atoms with Gasteiger partial charge in [-0.05, 0) is 83.0 Å². The zero-order valence-corrected chi connectivity index (χ0v) is 30.7. The fourth-order valence-corrected chi connectivity index (χ4v) is 6.02. The average molecular weight is 634 g/mol. The minimum absolute atomic E-state index is 1.02. The molecule has 0 radical (unpaired) electrons. The van der Waals surface area contributed by atoms with Crippen LogP contribution in [-0.2, 0) is 12.8 Å². The predicted molar refractivity (Wildman–Crippen MR) is 216 cm³/mol. The van der Waals surface area contributed by atoms with E-state index < -0.39 is 0 Å². The van der Waals surface area contributed by atoms with E-state index in [-0.39, 0.29) is 0 Å². The van der Waals surface area contributed by atoms with Gasteiger partial charge in [0.1, 0.15) is 0 Å². The summed E-state index contributed by atoms with van der Waals surface area (Å²) < 4.78 is 2.37. The molecule has 0 spiro atoms. The third kappa shape index (κ3) is 8.52. The van der Waals surface area contributed by atoms with Crippen LogP contribution in [0.25, 0.3) is 49.7 Å². The van der Waals surface area contributed by atoms with Gasteiger partial charge in [0, 0.05) is 16.5 Å². The maximum atomic E-state index is 2.37. The summed E-state index contributed by atoms with van der Waals surface area (Å²) in [5.74, 6) is 0. The van der Waals surface area contributed by atoms with Crippen molar-refractivity contribution in [1.29, 1.82) is 0 Å². The molecule has 0 fully saturated rings. The molecule has 0 aliphatic rings. The van der Waals surface area contributed by atoms with E-state index in [1.54, 1.807) is 0 Å². The maximum absolute atomic E-state index is 2.37. The highest BCUT2D eigenvalue weighted by molar-refractivity contribution is 6.09. The van der Waals surface area contributed by atoms with Crippen LogP contribution in [0, 0.1) is 6.92 Å². The Kier molecular flexibility index (Phi) is 15.4. The molecule has 48 heavy (non-hydrogen) atoms. The largest absolute Gasteiger partial charge is 0.309 e. The van der Waals surface area contributed by atoms with Crippen molar-refractivity contribution in [2.24, 2.45) is 0 Å². The van der Waals surface area contributed by atoms with E-state index in [4.69, 9.17) is 0 Å². The fourth-order valence-electron chi connectivity index (χ4n) is 6.02. The highest BCUT2D eigenvalue weighted by atomic mass is 15.0. The first-order valence-corrected chi connectivity index (χ1v) is 18.1. The van der Waals surface area contributed by atoms with Crippen molar-refractivity contribution < 1.29 is 0 Å². The first kappa shape index (κ1) is 37.6. The lowest BCUT2D eigenvalue weighted by Crippen LogP contribution is -1.96. The second kappa shape index (κ2) is 19.7. The zero-order chi connectivity index (χ0) is 34.9. The minimum Gasteiger partial charge on any atom is -0.309 e. The molecule has 1 nitrogen and oxygen atoms in total. The quantitative estimate of drug-likeness (QED) is 0.172. The van der Waals surface area contributed by atoms with Crippen LogP contribution < -0.4 is 0 Å². The molecular formula is C47H55N. The van der Waals surface area contributed by atoms with Gasteiger partial charge in [-0.1, -0.05) is 177 Å². The van der Waals surface area contributed by atoms with Gasteiger partial charge in [-0.15, -0.1) is 0 Å². The second-order valence-corrected chi connectivity index (χ2v) is 10.6. The van der Waals surface area contributed by atoms with Crippen molar-refractivity contribution in [1.82, 2.24) is 4.57 Å². The molecule has 7 aromatic rings. The number of hydrogen-bond acceptors (Lipinski definition) is 0. The van der Waals surface area contributed by atoms with Gasteiger partial charge in [-0.3, -0.25) is 0 Å². The zero-order valence-electron chi connectivity index (χ0n) is 30.7. The Balaban J connectivity index is 0.000000730. The highest BCUT2D eigenvalue weighted by Crippen LogP contribution is 2.33. The molecule has 0 saturated heterocycles. The molecule has 1 aromatic heterocycles. The minimum atomic E-state index is 1.02. The number of aromatic nitrogens is 1. The maximum Gasteiger partial charge on any atom is 0.0541 e. The number of hydrogen-bond donors (Lipinski definition) is 0. The molecule has 0 atom stereocenters. The van der Waals surface area contributed by atoms with Crippen molar-refractivity contribution in [2.75, 3.05) is 0 Å². The number of para-hydroxylation sites is 2. The van der Waals surface area contributed by atoms with Gasteiger partial charge in [0.15, 0.2) is 0 Å². The molecule has 6 aromatic carbocycles. The van der Waals surface area contributed by atoms with Crippen molar-refractivity contribution in [3.63, 3.8) is 0 Å². The van der Waals surface area contributed by atoms with Crippen LogP contribution in [0.2, 0.25) is 0 Å². The van der Waals surface area contributed by atoms with E-state index in [0.29, 0.717) is 0 Å². The van der Waals surface area contributed by atoms with Crippen molar-refractivity contribution in [3.05, 3.63) is 162 Å². The topological polar surface area (TPSA) is 4.93 Å². The number of rotatable bonds is 6. The molecule has 0 saturated carbocycles. The molecule has 1 heteroatoms. The summed E-state index contributed by atoms with van der Waals surface area (Å²) in [6.07, 6.45) is 2.05. The molecule has 0 unspecified atom stereocenters. The van der Waals surface area contributed by atoms with Crippen molar-refractivity contribution in [2.45, 2.75) is 75.2 Å². The van der Waals surface area contributed by atoms with Crippen LogP contribution in [0.3, 0.4) is 0 Å². The van der Waals surface area contributed by atoms with E-state index in [1.807, 2.05) is 55.4 Å². The van der Waals surface area contributed by atoms with Crippen LogP contribution in [0.15, 0.2) is 146 Å². The molecule has 0 bridgehead atoms. The van der Waals surface area contributed by atoms with E-state index >= 15 is 0 Å². The molecular weight excluding hydrogens is 579 g/mol. The predicted octanol–water partition coefficient (Wildman–Crippen LogP) is 14.3. The van der Waals surface area contributed by atoms with Gasteiger partial charge in [0.2, 0.25) is 0 Å². The van der Waals surface area contributed by atoms with Crippen LogP contribution in [-0.4, -0.2) is 4.57 Å². The summed E-state index contributed by atoms with van der Waals surface area (Å²) in [7, 11) is 0. The van der Waals surface area contributed by atoms with Crippen LogP contribution in [0.4, 0.5) is 0 Å². The Labute approximate surface area is 290 Å². The third-order valence-electron chi connectivity index (χ3n) is 8.13. The summed E-state index contributed by atoms with van der Waals surface area (Å²) in [6, 6.07) is 52.9. The Hall–Kier alpha value is -4.88. The Bertz CT molecular complexity index is 1890. The lowest BCUT2D eigenvalue weighted by molar-refractivity contribution is 0.962. The molecule has 248 valence electrons. The van der Waals surface area contributed by atoms with Crippen molar-refractivity contribution in [3.8, 4) is 27.9 Å².